The van der Waals surface area contributed by atoms with Gasteiger partial charge in [-0.25, -0.2) is 5.43 Å². The van der Waals surface area contributed by atoms with Gasteiger partial charge in [-0.2, -0.15) is 5.10 Å². The van der Waals surface area contributed by atoms with Gasteiger partial charge in [0, 0.05) is 46.9 Å². The molecule has 186 valence electrons. The Balaban J connectivity index is 1.23. The van der Waals surface area contributed by atoms with Crippen molar-refractivity contribution in [1.82, 2.24) is 5.43 Å². The maximum absolute atomic E-state index is 13.0. The van der Waals surface area contributed by atoms with Gasteiger partial charge in [0.25, 0.3) is 11.8 Å². The second-order valence-corrected chi connectivity index (χ2v) is 8.88. The molecule has 2 amide bonds. The lowest BCUT2D eigenvalue weighted by molar-refractivity contribution is 0.0953. The number of rotatable bonds is 8. The Morgan fingerprint density at radius 3 is 2.43 bits per heavy atom. The summed E-state index contributed by atoms with van der Waals surface area (Å²) in [7, 11) is 0. The monoisotopic (exact) mass is 492 g/mol. The van der Waals surface area contributed by atoms with Crippen molar-refractivity contribution >= 4 is 40.2 Å². The van der Waals surface area contributed by atoms with Crippen LogP contribution in [0.5, 0.6) is 5.75 Å². The number of hydrogen-bond acceptors (Lipinski definition) is 5. The fraction of sp³-hybridized carbons (Fsp3) is 0.167. The molecular formula is C30H28N4O3. The molecule has 7 heteroatoms. The highest BCUT2D eigenvalue weighted by molar-refractivity contribution is 6.24. The minimum absolute atomic E-state index is 0.0173. The lowest BCUT2D eigenvalue weighted by Crippen LogP contribution is -2.26. The highest BCUT2D eigenvalue weighted by Gasteiger charge is 2.29. The van der Waals surface area contributed by atoms with Crippen LogP contribution in [-0.4, -0.2) is 36.2 Å². The predicted molar refractivity (Wildman–Crippen MR) is 148 cm³/mol. The van der Waals surface area contributed by atoms with Gasteiger partial charge in [-0.1, -0.05) is 36.4 Å². The van der Waals surface area contributed by atoms with Crippen molar-refractivity contribution in [3.05, 3.63) is 101 Å². The van der Waals surface area contributed by atoms with Gasteiger partial charge in [-0.3, -0.25) is 9.59 Å². The highest BCUT2D eigenvalue weighted by Crippen LogP contribution is 2.38. The van der Waals surface area contributed by atoms with Crippen LogP contribution in [0.25, 0.3) is 10.8 Å². The van der Waals surface area contributed by atoms with E-state index < -0.39 is 0 Å². The maximum atomic E-state index is 13.0. The van der Waals surface area contributed by atoms with E-state index in [1.165, 1.54) is 6.21 Å². The molecule has 4 aromatic carbocycles. The zero-order valence-electron chi connectivity index (χ0n) is 20.8. The molecule has 1 heterocycles. The third-order valence-corrected chi connectivity index (χ3v) is 6.72. The fourth-order valence-corrected chi connectivity index (χ4v) is 4.73. The Kier molecular flexibility index (Phi) is 6.60. The number of carbonyl (C=O) groups is 2. The highest BCUT2D eigenvalue weighted by atomic mass is 16.3. The molecule has 37 heavy (non-hydrogen) atoms. The molecule has 1 aliphatic heterocycles. The van der Waals surface area contributed by atoms with Crippen molar-refractivity contribution in [2.75, 3.05) is 22.9 Å². The topological polar surface area (TPSA) is 85.2 Å². The zero-order chi connectivity index (χ0) is 25.9. The Labute approximate surface area is 215 Å². The largest absolute Gasteiger partial charge is 0.507 e. The molecule has 0 saturated carbocycles. The van der Waals surface area contributed by atoms with Crippen LogP contribution in [0, 0.1) is 0 Å². The Morgan fingerprint density at radius 2 is 1.73 bits per heavy atom. The number of nitrogens with zero attached hydrogens (tertiary/aromatic N) is 3. The van der Waals surface area contributed by atoms with Crippen molar-refractivity contribution in [1.29, 1.82) is 0 Å². The molecule has 0 unspecified atom stereocenters. The number of amides is 2. The predicted octanol–water partition coefficient (Wildman–Crippen LogP) is 5.32. The maximum Gasteiger partial charge on any atom is 0.271 e. The first-order valence-electron chi connectivity index (χ1n) is 12.3. The number of benzene rings is 4. The summed E-state index contributed by atoms with van der Waals surface area (Å²) in [6, 6.07) is 24.2. The number of phenols is 1. The summed E-state index contributed by atoms with van der Waals surface area (Å²) in [6.07, 6.45) is 1.42. The summed E-state index contributed by atoms with van der Waals surface area (Å²) in [6.45, 7) is 6.22. The van der Waals surface area contributed by atoms with Gasteiger partial charge in [0.05, 0.1) is 18.4 Å². The molecule has 0 fully saturated rings. The molecule has 7 nitrogen and oxygen atoms in total. The van der Waals surface area contributed by atoms with E-state index in [-0.39, 0.29) is 17.6 Å². The molecule has 0 radical (unpaired) electrons. The van der Waals surface area contributed by atoms with E-state index in [9.17, 15) is 14.7 Å². The number of aromatic hydroxyl groups is 1. The van der Waals surface area contributed by atoms with Gasteiger partial charge in [0.15, 0.2) is 0 Å². The van der Waals surface area contributed by atoms with Crippen LogP contribution < -0.4 is 15.2 Å². The van der Waals surface area contributed by atoms with Crippen molar-refractivity contribution in [3.63, 3.8) is 0 Å². The number of hydrazone groups is 1. The minimum Gasteiger partial charge on any atom is -0.507 e. The van der Waals surface area contributed by atoms with E-state index in [0.29, 0.717) is 17.7 Å². The van der Waals surface area contributed by atoms with E-state index in [2.05, 4.69) is 29.3 Å². The Hall–Kier alpha value is -4.65. The van der Waals surface area contributed by atoms with Crippen LogP contribution >= 0.6 is 0 Å². The van der Waals surface area contributed by atoms with Crippen molar-refractivity contribution < 1.29 is 14.7 Å². The number of nitrogens with one attached hydrogen (secondary N) is 1. The number of anilines is 2. The van der Waals surface area contributed by atoms with Crippen LogP contribution in [0.3, 0.4) is 0 Å². The van der Waals surface area contributed by atoms with Crippen molar-refractivity contribution in [3.8, 4) is 5.75 Å². The van der Waals surface area contributed by atoms with Gasteiger partial charge >= 0.3 is 0 Å². The third kappa shape index (κ3) is 4.63. The second-order valence-electron chi connectivity index (χ2n) is 8.88. The minimum atomic E-state index is -0.364. The van der Waals surface area contributed by atoms with Crippen molar-refractivity contribution in [2.24, 2.45) is 5.10 Å². The second kappa shape index (κ2) is 10.1. The van der Waals surface area contributed by atoms with Gasteiger partial charge in [0.1, 0.15) is 5.75 Å². The van der Waals surface area contributed by atoms with E-state index in [0.717, 1.165) is 46.4 Å². The van der Waals surface area contributed by atoms with Crippen LogP contribution in [0.15, 0.2) is 84.0 Å². The van der Waals surface area contributed by atoms with Gasteiger partial charge in [-0.05, 0) is 61.2 Å². The van der Waals surface area contributed by atoms with Gasteiger partial charge < -0.3 is 14.9 Å². The molecule has 1 aliphatic rings. The third-order valence-electron chi connectivity index (χ3n) is 6.72. The van der Waals surface area contributed by atoms with Crippen molar-refractivity contribution in [2.45, 2.75) is 20.4 Å². The average molecular weight is 493 g/mol. The molecular weight excluding hydrogens is 464 g/mol. The lowest BCUT2D eigenvalue weighted by atomic mass is 10.1. The van der Waals surface area contributed by atoms with Gasteiger partial charge in [-0.15, -0.1) is 0 Å². The standard InChI is InChI=1S/C30H28N4O3/c1-3-33(4-2)24-16-15-23(27(35)17-24)18-31-32-29(36)22-13-11-20(12-14-22)19-34-26-10-6-8-21-7-5-9-25(28(21)26)30(34)37/h5-18,35H,3-4,19H2,1-2H3,(H,32,36)/b31-18+. The molecule has 2 N–H and O–H groups in total. The van der Waals surface area contributed by atoms with Gasteiger partial charge in [0.2, 0.25) is 0 Å². The number of hydrogen-bond donors (Lipinski definition) is 2. The lowest BCUT2D eigenvalue weighted by Gasteiger charge is -2.21. The van der Waals surface area contributed by atoms with Crippen LogP contribution in [0.2, 0.25) is 0 Å². The molecule has 0 bridgehead atoms. The van der Waals surface area contributed by atoms with Crippen LogP contribution in [-0.2, 0) is 6.54 Å². The molecule has 0 saturated heterocycles. The summed E-state index contributed by atoms with van der Waals surface area (Å²) in [4.78, 5) is 29.5. The normalized spacial score (nSPS) is 12.5. The first-order valence-corrected chi connectivity index (χ1v) is 12.3. The summed E-state index contributed by atoms with van der Waals surface area (Å²) in [5.74, 6) is -0.283. The number of phenolic OH excluding ortho intramolecular Hbond substituents is 1. The summed E-state index contributed by atoms with van der Waals surface area (Å²) >= 11 is 0. The quantitative estimate of drug-likeness (QED) is 0.258. The average Bonchev–Trinajstić information content (AvgIpc) is 3.19. The zero-order valence-corrected chi connectivity index (χ0v) is 20.8. The van der Waals surface area contributed by atoms with E-state index in [1.54, 1.807) is 29.2 Å². The summed E-state index contributed by atoms with van der Waals surface area (Å²) in [5.41, 5.74) is 6.93. The molecule has 5 rings (SSSR count). The Morgan fingerprint density at radius 1 is 1.00 bits per heavy atom. The first kappa shape index (κ1) is 24.1. The smallest absolute Gasteiger partial charge is 0.271 e. The van der Waals surface area contributed by atoms with Crippen LogP contribution in [0.1, 0.15) is 45.7 Å². The van der Waals surface area contributed by atoms with E-state index in [4.69, 9.17) is 0 Å². The van der Waals surface area contributed by atoms with E-state index in [1.807, 2.05) is 54.6 Å². The number of carbonyl (C=O) groups excluding carboxylic acids is 2. The molecule has 0 spiro atoms. The molecule has 0 aromatic heterocycles. The fourth-order valence-electron chi connectivity index (χ4n) is 4.73. The SMILES string of the molecule is CCN(CC)c1ccc(/C=N/NC(=O)c2ccc(CN3C(=O)c4cccc5cccc3c45)cc2)c(O)c1. The first-order chi connectivity index (χ1) is 18.0. The van der Waals surface area contributed by atoms with Crippen LogP contribution in [0.4, 0.5) is 11.4 Å². The molecule has 0 aliphatic carbocycles. The van der Waals surface area contributed by atoms with E-state index >= 15 is 0 Å². The molecule has 4 aromatic rings. The Bertz CT molecular complexity index is 1500. The summed E-state index contributed by atoms with van der Waals surface area (Å²) in [5, 5.41) is 16.4. The summed E-state index contributed by atoms with van der Waals surface area (Å²) < 4.78 is 0. The molecule has 0 atom stereocenters.